The maximum absolute atomic E-state index is 12.8. The first kappa shape index (κ1) is 22.3. The third-order valence-corrected chi connectivity index (χ3v) is 7.25. The molecular weight excluding hydrogens is 396 g/mol. The van der Waals surface area contributed by atoms with Crippen molar-refractivity contribution in [1.82, 2.24) is 9.21 Å². The molecule has 1 aromatic carbocycles. The van der Waals surface area contributed by atoms with Gasteiger partial charge < -0.3 is 14.6 Å². The molecule has 0 amide bonds. The van der Waals surface area contributed by atoms with Crippen LogP contribution in [0.4, 0.5) is 0 Å². The van der Waals surface area contributed by atoms with Crippen LogP contribution in [0.2, 0.25) is 0 Å². The molecule has 2 heterocycles. The Balaban J connectivity index is 1.43. The number of hydrogen-bond donors (Lipinski definition) is 1. The molecule has 0 saturated carbocycles. The summed E-state index contributed by atoms with van der Waals surface area (Å²) in [6.45, 7) is 5.26. The van der Waals surface area contributed by atoms with Gasteiger partial charge in [0, 0.05) is 44.9 Å². The van der Waals surface area contributed by atoms with Crippen molar-refractivity contribution in [2.75, 3.05) is 52.5 Å². The highest BCUT2D eigenvalue weighted by Gasteiger charge is 2.29. The fourth-order valence-corrected chi connectivity index (χ4v) is 5.05. The monoisotopic (exact) mass is 426 g/mol. The van der Waals surface area contributed by atoms with Gasteiger partial charge in [-0.15, -0.1) is 0 Å². The number of ketones is 1. The molecule has 2 atom stereocenters. The molecule has 0 spiro atoms. The minimum atomic E-state index is -3.59. The number of carbonyl (C=O) groups is 1. The van der Waals surface area contributed by atoms with Gasteiger partial charge in [0.2, 0.25) is 10.0 Å². The first-order valence-corrected chi connectivity index (χ1v) is 11.5. The second-order valence-corrected chi connectivity index (χ2v) is 9.55. The Kier molecular flexibility index (Phi) is 7.78. The second kappa shape index (κ2) is 10.1. The van der Waals surface area contributed by atoms with E-state index in [-0.39, 0.29) is 23.4 Å². The van der Waals surface area contributed by atoms with Crippen molar-refractivity contribution >= 4 is 15.8 Å². The second-order valence-electron chi connectivity index (χ2n) is 7.61. The molecule has 0 bridgehead atoms. The molecule has 2 unspecified atom stereocenters. The molecule has 0 aliphatic carbocycles. The van der Waals surface area contributed by atoms with E-state index in [4.69, 9.17) is 9.47 Å². The lowest BCUT2D eigenvalue weighted by molar-refractivity contribution is -0.0270. The first-order chi connectivity index (χ1) is 13.9. The number of aliphatic hydroxyl groups excluding tert-OH is 1. The summed E-state index contributed by atoms with van der Waals surface area (Å²) < 4.78 is 38.1. The smallest absolute Gasteiger partial charge is 0.243 e. The highest BCUT2D eigenvalue weighted by molar-refractivity contribution is 7.89. The Labute approximate surface area is 172 Å². The average Bonchev–Trinajstić information content (AvgIpc) is 3.22. The molecule has 1 aromatic rings. The van der Waals surface area contributed by atoms with Crippen LogP contribution in [0.3, 0.4) is 0 Å². The largest absolute Gasteiger partial charge is 0.389 e. The van der Waals surface area contributed by atoms with Crippen molar-refractivity contribution in [3.05, 3.63) is 29.8 Å². The third kappa shape index (κ3) is 6.07. The molecular formula is C20H30N2O6S. The summed E-state index contributed by atoms with van der Waals surface area (Å²) >= 11 is 0. The summed E-state index contributed by atoms with van der Waals surface area (Å²) in [6.07, 6.45) is 1.59. The fraction of sp³-hybridized carbons (Fsp3) is 0.650. The van der Waals surface area contributed by atoms with E-state index in [1.807, 2.05) is 4.90 Å². The minimum absolute atomic E-state index is 0.0964. The van der Waals surface area contributed by atoms with E-state index in [0.29, 0.717) is 44.9 Å². The van der Waals surface area contributed by atoms with Gasteiger partial charge in [0.1, 0.15) is 0 Å². The van der Waals surface area contributed by atoms with Gasteiger partial charge in [-0.05, 0) is 31.9 Å². The number of benzene rings is 1. The Morgan fingerprint density at radius 1 is 1.24 bits per heavy atom. The lowest BCUT2D eigenvalue weighted by Crippen LogP contribution is -2.50. The lowest BCUT2D eigenvalue weighted by atomic mass is 10.2. The molecule has 9 heteroatoms. The van der Waals surface area contributed by atoms with Crippen molar-refractivity contribution in [2.45, 2.75) is 36.9 Å². The van der Waals surface area contributed by atoms with Gasteiger partial charge in [-0.2, -0.15) is 4.31 Å². The Morgan fingerprint density at radius 2 is 1.93 bits per heavy atom. The van der Waals surface area contributed by atoms with Crippen LogP contribution in [0, 0.1) is 0 Å². The maximum atomic E-state index is 12.8. The molecule has 2 fully saturated rings. The van der Waals surface area contributed by atoms with E-state index >= 15 is 0 Å². The highest BCUT2D eigenvalue weighted by Crippen LogP contribution is 2.19. The maximum Gasteiger partial charge on any atom is 0.243 e. The standard InChI is InChI=1S/C20H30N2O6S/c1-16(23)17-4-6-20(7-5-17)29(25,26)22-10-8-21(9-11-22)13-18(24)14-27-15-19-3-2-12-28-19/h4-7,18-19,24H,2-3,8-15H2,1H3. The van der Waals surface area contributed by atoms with Gasteiger partial charge in [0.05, 0.1) is 30.3 Å². The number of hydrogen-bond acceptors (Lipinski definition) is 7. The molecule has 2 saturated heterocycles. The number of β-amino-alcohol motifs (C(OH)–C–C–N with tert-alkyl or cyclic N) is 1. The van der Waals surface area contributed by atoms with Gasteiger partial charge in [0.25, 0.3) is 0 Å². The average molecular weight is 427 g/mol. The van der Waals surface area contributed by atoms with E-state index in [0.717, 1.165) is 19.4 Å². The van der Waals surface area contributed by atoms with E-state index in [1.54, 1.807) is 12.1 Å². The zero-order chi connectivity index (χ0) is 20.9. The van der Waals surface area contributed by atoms with Crippen molar-refractivity contribution in [2.24, 2.45) is 0 Å². The Hall–Kier alpha value is -1.36. The molecule has 1 N–H and O–H groups in total. The van der Waals surface area contributed by atoms with Crippen LogP contribution in [0.5, 0.6) is 0 Å². The van der Waals surface area contributed by atoms with Gasteiger partial charge >= 0.3 is 0 Å². The van der Waals surface area contributed by atoms with Crippen LogP contribution in [0.15, 0.2) is 29.2 Å². The lowest BCUT2D eigenvalue weighted by Gasteiger charge is -2.34. The highest BCUT2D eigenvalue weighted by atomic mass is 32.2. The van der Waals surface area contributed by atoms with E-state index in [9.17, 15) is 18.3 Å². The molecule has 3 rings (SSSR count). The first-order valence-electron chi connectivity index (χ1n) is 10.1. The number of sulfonamides is 1. The SMILES string of the molecule is CC(=O)c1ccc(S(=O)(=O)N2CCN(CC(O)COCC3CCCO3)CC2)cc1. The third-order valence-electron chi connectivity index (χ3n) is 5.34. The van der Waals surface area contributed by atoms with Crippen LogP contribution in [0.25, 0.3) is 0 Å². The Bertz CT molecular complexity index is 769. The summed E-state index contributed by atoms with van der Waals surface area (Å²) in [5.74, 6) is -0.0964. The topological polar surface area (TPSA) is 96.4 Å². The predicted molar refractivity (Wildman–Crippen MR) is 107 cm³/mol. The van der Waals surface area contributed by atoms with Crippen LogP contribution in [-0.4, -0.2) is 93.3 Å². The van der Waals surface area contributed by atoms with Crippen molar-refractivity contribution < 1.29 is 27.8 Å². The molecule has 162 valence electrons. The van der Waals surface area contributed by atoms with Crippen LogP contribution in [-0.2, 0) is 19.5 Å². The van der Waals surface area contributed by atoms with Crippen LogP contribution < -0.4 is 0 Å². The molecule has 0 aromatic heterocycles. The van der Waals surface area contributed by atoms with Crippen molar-refractivity contribution in [3.8, 4) is 0 Å². The van der Waals surface area contributed by atoms with E-state index < -0.39 is 16.1 Å². The van der Waals surface area contributed by atoms with Crippen LogP contribution in [0.1, 0.15) is 30.1 Å². The summed E-state index contributed by atoms with van der Waals surface area (Å²) in [7, 11) is -3.59. The van der Waals surface area contributed by atoms with E-state index in [1.165, 1.54) is 23.4 Å². The molecule has 29 heavy (non-hydrogen) atoms. The molecule has 2 aliphatic rings. The summed E-state index contributed by atoms with van der Waals surface area (Å²) in [5.41, 5.74) is 0.490. The van der Waals surface area contributed by atoms with E-state index in [2.05, 4.69) is 0 Å². The van der Waals surface area contributed by atoms with Crippen molar-refractivity contribution in [1.29, 1.82) is 0 Å². The molecule has 2 aliphatic heterocycles. The quantitative estimate of drug-likeness (QED) is 0.582. The number of carbonyl (C=O) groups excluding carboxylic acids is 1. The Morgan fingerprint density at radius 3 is 2.52 bits per heavy atom. The number of nitrogens with zero attached hydrogens (tertiary/aromatic N) is 2. The van der Waals surface area contributed by atoms with Gasteiger partial charge in [0.15, 0.2) is 5.78 Å². The van der Waals surface area contributed by atoms with Crippen molar-refractivity contribution in [3.63, 3.8) is 0 Å². The van der Waals surface area contributed by atoms with Gasteiger partial charge in [-0.25, -0.2) is 8.42 Å². The zero-order valence-corrected chi connectivity index (χ0v) is 17.6. The summed E-state index contributed by atoms with van der Waals surface area (Å²) in [5, 5.41) is 10.2. The summed E-state index contributed by atoms with van der Waals surface area (Å²) in [4.78, 5) is 13.6. The number of piperazine rings is 1. The summed E-state index contributed by atoms with van der Waals surface area (Å²) in [6, 6.07) is 6.04. The number of ether oxygens (including phenoxy) is 2. The minimum Gasteiger partial charge on any atom is -0.389 e. The number of Topliss-reactive ketones (excluding diaryl/α,β-unsaturated/α-hetero) is 1. The molecule has 0 radical (unpaired) electrons. The van der Waals surface area contributed by atoms with Gasteiger partial charge in [-0.1, -0.05) is 12.1 Å². The fourth-order valence-electron chi connectivity index (χ4n) is 3.63. The molecule has 8 nitrogen and oxygen atoms in total. The van der Waals surface area contributed by atoms with Crippen LogP contribution >= 0.6 is 0 Å². The number of aliphatic hydroxyl groups is 1. The van der Waals surface area contributed by atoms with Gasteiger partial charge in [-0.3, -0.25) is 9.69 Å². The predicted octanol–water partition coefficient (Wildman–Crippen LogP) is 0.752. The normalized spacial score (nSPS) is 22.6. The zero-order valence-electron chi connectivity index (χ0n) is 16.8. The number of rotatable bonds is 9.